The third-order valence-corrected chi connectivity index (χ3v) is 5.68. The van der Waals surface area contributed by atoms with Gasteiger partial charge in [0.15, 0.2) is 0 Å². The standard InChI is InChI=1S/C26H30N4O4/c1-4-32-17-9-16-30-18(3)22(25-28-24(29-34-25)20-10-7-6-8-11-20)23(27-26(30)31)19-12-14-21(15-13-19)33-5-2/h6-8,10-15,23H,4-5,9,16-17H2,1-3H3,(H,27,31). The minimum absolute atomic E-state index is 0.167. The Labute approximate surface area is 199 Å². The van der Waals surface area contributed by atoms with Gasteiger partial charge in [-0.1, -0.05) is 47.6 Å². The van der Waals surface area contributed by atoms with Gasteiger partial charge in [0.25, 0.3) is 5.89 Å². The molecule has 178 valence electrons. The molecule has 8 heteroatoms. The minimum atomic E-state index is -0.435. The molecule has 2 heterocycles. The molecule has 8 nitrogen and oxygen atoms in total. The van der Waals surface area contributed by atoms with Crippen LogP contribution in [-0.2, 0) is 4.74 Å². The van der Waals surface area contributed by atoms with Gasteiger partial charge in [-0.3, -0.25) is 4.90 Å². The second-order valence-electron chi connectivity index (χ2n) is 7.87. The second kappa shape index (κ2) is 11.0. The van der Waals surface area contributed by atoms with Gasteiger partial charge < -0.3 is 19.3 Å². The molecular formula is C26H30N4O4. The smallest absolute Gasteiger partial charge is 0.322 e. The maximum absolute atomic E-state index is 13.1. The van der Waals surface area contributed by atoms with E-state index >= 15 is 0 Å². The summed E-state index contributed by atoms with van der Waals surface area (Å²) in [6, 6.07) is 16.8. The van der Waals surface area contributed by atoms with Gasteiger partial charge in [-0.2, -0.15) is 4.98 Å². The van der Waals surface area contributed by atoms with Crippen LogP contribution in [0.3, 0.4) is 0 Å². The van der Waals surface area contributed by atoms with Gasteiger partial charge in [0, 0.05) is 31.0 Å². The summed E-state index contributed by atoms with van der Waals surface area (Å²) in [6.45, 7) is 8.17. The van der Waals surface area contributed by atoms with Crippen LogP contribution in [0, 0.1) is 0 Å². The quantitative estimate of drug-likeness (QED) is 0.424. The number of nitrogens with zero attached hydrogens (tertiary/aromatic N) is 3. The molecule has 1 aliphatic rings. The van der Waals surface area contributed by atoms with E-state index in [4.69, 9.17) is 14.0 Å². The van der Waals surface area contributed by atoms with Crippen LogP contribution in [0.5, 0.6) is 5.75 Å². The van der Waals surface area contributed by atoms with E-state index < -0.39 is 6.04 Å². The summed E-state index contributed by atoms with van der Waals surface area (Å²) in [4.78, 5) is 19.5. The van der Waals surface area contributed by atoms with Gasteiger partial charge in [0.2, 0.25) is 5.82 Å². The van der Waals surface area contributed by atoms with Crippen LogP contribution in [0.15, 0.2) is 64.8 Å². The number of allylic oxidation sites excluding steroid dienone is 1. The normalized spacial score (nSPS) is 16.0. The van der Waals surface area contributed by atoms with Gasteiger partial charge in [-0.15, -0.1) is 0 Å². The van der Waals surface area contributed by atoms with Crippen LogP contribution in [0.25, 0.3) is 17.0 Å². The zero-order valence-electron chi connectivity index (χ0n) is 19.8. The van der Waals surface area contributed by atoms with Crippen molar-refractivity contribution in [3.05, 3.63) is 71.7 Å². The molecule has 0 radical (unpaired) electrons. The molecule has 0 bridgehead atoms. The van der Waals surface area contributed by atoms with Crippen molar-refractivity contribution in [3.8, 4) is 17.1 Å². The Kier molecular flexibility index (Phi) is 7.59. The van der Waals surface area contributed by atoms with E-state index in [-0.39, 0.29) is 6.03 Å². The molecule has 1 aromatic heterocycles. The summed E-state index contributed by atoms with van der Waals surface area (Å²) in [5, 5.41) is 7.32. The highest BCUT2D eigenvalue weighted by molar-refractivity contribution is 5.86. The Hall–Kier alpha value is -3.65. The summed E-state index contributed by atoms with van der Waals surface area (Å²) >= 11 is 0. The lowest BCUT2D eigenvalue weighted by Gasteiger charge is -2.35. The lowest BCUT2D eigenvalue weighted by molar-refractivity contribution is 0.136. The fourth-order valence-electron chi connectivity index (χ4n) is 4.01. The van der Waals surface area contributed by atoms with Crippen molar-refractivity contribution in [1.82, 2.24) is 20.4 Å². The van der Waals surface area contributed by atoms with E-state index in [9.17, 15) is 4.79 Å². The number of ether oxygens (including phenoxy) is 2. The number of nitrogens with one attached hydrogen (secondary N) is 1. The topological polar surface area (TPSA) is 89.7 Å². The van der Waals surface area contributed by atoms with Crippen LogP contribution >= 0.6 is 0 Å². The Balaban J connectivity index is 1.71. The predicted octanol–water partition coefficient (Wildman–Crippen LogP) is 5.06. The van der Waals surface area contributed by atoms with E-state index in [1.807, 2.05) is 75.4 Å². The maximum atomic E-state index is 13.1. The number of carbonyl (C=O) groups is 1. The largest absolute Gasteiger partial charge is 0.494 e. The van der Waals surface area contributed by atoms with Crippen LogP contribution in [0.1, 0.15) is 44.7 Å². The van der Waals surface area contributed by atoms with E-state index in [0.717, 1.165) is 34.6 Å². The molecule has 2 amide bonds. The molecule has 0 saturated heterocycles. The molecular weight excluding hydrogens is 432 g/mol. The molecule has 1 N–H and O–H groups in total. The molecule has 2 aromatic carbocycles. The van der Waals surface area contributed by atoms with Crippen molar-refractivity contribution >= 4 is 11.6 Å². The third-order valence-electron chi connectivity index (χ3n) is 5.68. The Morgan fingerprint density at radius 3 is 2.53 bits per heavy atom. The van der Waals surface area contributed by atoms with Crippen molar-refractivity contribution < 1.29 is 18.8 Å². The van der Waals surface area contributed by atoms with Crippen molar-refractivity contribution in [3.63, 3.8) is 0 Å². The van der Waals surface area contributed by atoms with Gasteiger partial charge in [0.05, 0.1) is 18.2 Å². The summed E-state index contributed by atoms with van der Waals surface area (Å²) in [6.07, 6.45) is 0.721. The van der Waals surface area contributed by atoms with E-state index in [1.54, 1.807) is 4.90 Å². The first-order valence-corrected chi connectivity index (χ1v) is 11.6. The van der Waals surface area contributed by atoms with Gasteiger partial charge >= 0.3 is 6.03 Å². The average molecular weight is 463 g/mol. The molecule has 0 aliphatic carbocycles. The highest BCUT2D eigenvalue weighted by Gasteiger charge is 2.35. The predicted molar refractivity (Wildman–Crippen MR) is 129 cm³/mol. The molecule has 3 aromatic rings. The fraction of sp³-hybridized carbons (Fsp3) is 0.346. The lowest BCUT2D eigenvalue weighted by Crippen LogP contribution is -2.46. The van der Waals surface area contributed by atoms with Gasteiger partial charge in [-0.25, -0.2) is 4.79 Å². The minimum Gasteiger partial charge on any atom is -0.494 e. The van der Waals surface area contributed by atoms with Crippen LogP contribution < -0.4 is 10.1 Å². The van der Waals surface area contributed by atoms with E-state index in [0.29, 0.717) is 38.1 Å². The second-order valence-corrected chi connectivity index (χ2v) is 7.87. The SMILES string of the molecule is CCOCCCN1C(=O)NC(c2ccc(OCC)cc2)C(c2nc(-c3ccccc3)no2)=C1C. The number of hydrogen-bond acceptors (Lipinski definition) is 6. The third kappa shape index (κ3) is 5.12. The number of benzene rings is 2. The molecule has 1 atom stereocenters. The van der Waals surface area contributed by atoms with E-state index in [1.165, 1.54) is 0 Å². The van der Waals surface area contributed by atoms with Crippen molar-refractivity contribution in [2.45, 2.75) is 33.2 Å². The molecule has 0 saturated carbocycles. The lowest BCUT2D eigenvalue weighted by atomic mass is 9.94. The first kappa shape index (κ1) is 23.5. The molecule has 0 spiro atoms. The first-order valence-electron chi connectivity index (χ1n) is 11.6. The van der Waals surface area contributed by atoms with E-state index in [2.05, 4.69) is 15.5 Å². The Morgan fingerprint density at radius 1 is 1.06 bits per heavy atom. The number of urea groups is 1. The molecule has 0 fully saturated rings. The molecule has 1 aliphatic heterocycles. The van der Waals surface area contributed by atoms with Crippen LogP contribution in [0.4, 0.5) is 4.79 Å². The molecule has 1 unspecified atom stereocenters. The zero-order valence-corrected chi connectivity index (χ0v) is 19.8. The highest BCUT2D eigenvalue weighted by atomic mass is 16.5. The monoisotopic (exact) mass is 462 g/mol. The number of aromatic nitrogens is 2. The van der Waals surface area contributed by atoms with Gasteiger partial charge in [-0.05, 0) is 44.9 Å². The van der Waals surface area contributed by atoms with Gasteiger partial charge in [0.1, 0.15) is 5.75 Å². The van der Waals surface area contributed by atoms with Crippen molar-refractivity contribution in [1.29, 1.82) is 0 Å². The summed E-state index contributed by atoms with van der Waals surface area (Å²) in [7, 11) is 0. The first-order chi connectivity index (χ1) is 16.6. The van der Waals surface area contributed by atoms with Crippen molar-refractivity contribution in [2.75, 3.05) is 26.4 Å². The molecule has 4 rings (SSSR count). The molecule has 34 heavy (non-hydrogen) atoms. The number of amides is 2. The highest BCUT2D eigenvalue weighted by Crippen LogP contribution is 2.37. The number of rotatable bonds is 10. The number of carbonyl (C=O) groups excluding carboxylic acids is 1. The summed E-state index contributed by atoms with van der Waals surface area (Å²) in [5.41, 5.74) is 3.32. The number of hydrogen-bond donors (Lipinski definition) is 1. The van der Waals surface area contributed by atoms with Crippen LogP contribution in [-0.4, -0.2) is 47.4 Å². The Morgan fingerprint density at radius 2 is 1.82 bits per heavy atom. The Bertz CT molecular complexity index is 1130. The fourth-order valence-corrected chi connectivity index (χ4v) is 4.01. The average Bonchev–Trinajstić information content (AvgIpc) is 3.34. The van der Waals surface area contributed by atoms with Crippen molar-refractivity contribution in [2.24, 2.45) is 0 Å². The van der Waals surface area contributed by atoms with Crippen LogP contribution in [0.2, 0.25) is 0 Å². The zero-order chi connectivity index (χ0) is 23.9. The summed E-state index contributed by atoms with van der Waals surface area (Å²) in [5.74, 6) is 1.66. The maximum Gasteiger partial charge on any atom is 0.322 e. The summed E-state index contributed by atoms with van der Waals surface area (Å²) < 4.78 is 16.8.